The summed E-state index contributed by atoms with van der Waals surface area (Å²) in [5.41, 5.74) is 2.68. The second-order valence-electron chi connectivity index (χ2n) is 7.15. The van der Waals surface area contributed by atoms with Gasteiger partial charge in [-0.1, -0.05) is 30.3 Å². The highest BCUT2D eigenvalue weighted by Crippen LogP contribution is 2.16. The molecule has 0 radical (unpaired) electrons. The molecule has 0 saturated heterocycles. The van der Waals surface area contributed by atoms with Gasteiger partial charge in [0.05, 0.1) is 11.8 Å². The average Bonchev–Trinajstić information content (AvgIpc) is 3.09. The van der Waals surface area contributed by atoms with Gasteiger partial charge < -0.3 is 10.2 Å². The maximum absolute atomic E-state index is 12.4. The van der Waals surface area contributed by atoms with E-state index in [2.05, 4.69) is 65.5 Å². The summed E-state index contributed by atoms with van der Waals surface area (Å²) in [5.74, 6) is -0.0904. The van der Waals surface area contributed by atoms with E-state index in [0.29, 0.717) is 12.1 Å². The maximum Gasteiger partial charge on any atom is 0.252 e. The molecule has 2 heterocycles. The predicted molar refractivity (Wildman–Crippen MR) is 108 cm³/mol. The quantitative estimate of drug-likeness (QED) is 0.623. The number of nitrogens with one attached hydrogen (secondary N) is 1. The molecule has 142 valence electrons. The van der Waals surface area contributed by atoms with Gasteiger partial charge in [-0.3, -0.25) is 4.79 Å². The standard InChI is InChI=1S/C21H27N5O/c1-16(2)26-20-18(14-24-26)12-19(13-23-20)21(27)22-10-7-11-25(3)15-17-8-5-4-6-9-17/h4-6,8-9,12-14,16H,7,10-11,15H2,1-3H3,(H,22,27). The van der Waals surface area contributed by atoms with Crippen LogP contribution in [0.15, 0.2) is 48.8 Å². The Balaban J connectivity index is 1.47. The number of nitrogens with zero attached hydrogens (tertiary/aromatic N) is 4. The van der Waals surface area contributed by atoms with E-state index >= 15 is 0 Å². The van der Waals surface area contributed by atoms with Gasteiger partial charge >= 0.3 is 0 Å². The summed E-state index contributed by atoms with van der Waals surface area (Å²) in [5, 5.41) is 8.21. The Labute approximate surface area is 160 Å². The number of benzene rings is 1. The van der Waals surface area contributed by atoms with Gasteiger partial charge in [-0.2, -0.15) is 5.10 Å². The molecule has 0 spiro atoms. The van der Waals surface area contributed by atoms with Crippen molar-refractivity contribution in [2.75, 3.05) is 20.1 Å². The van der Waals surface area contributed by atoms with Gasteiger partial charge in [0, 0.05) is 30.7 Å². The van der Waals surface area contributed by atoms with Crippen molar-refractivity contribution in [3.63, 3.8) is 0 Å². The molecule has 1 N–H and O–H groups in total. The average molecular weight is 365 g/mol. The lowest BCUT2D eigenvalue weighted by molar-refractivity contribution is 0.0951. The van der Waals surface area contributed by atoms with Crippen molar-refractivity contribution in [1.82, 2.24) is 25.0 Å². The van der Waals surface area contributed by atoms with Gasteiger partial charge in [0.1, 0.15) is 0 Å². The molecule has 1 aromatic carbocycles. The van der Waals surface area contributed by atoms with Gasteiger partial charge in [0.25, 0.3) is 5.91 Å². The lowest BCUT2D eigenvalue weighted by Gasteiger charge is -2.16. The Kier molecular flexibility index (Phi) is 6.19. The SMILES string of the molecule is CC(C)n1ncc2cc(C(=O)NCCCN(C)Cc3ccccc3)cnc21. The number of aromatic nitrogens is 3. The number of hydrogen-bond donors (Lipinski definition) is 1. The molecule has 0 bridgehead atoms. The van der Waals surface area contributed by atoms with Crippen LogP contribution in [0.4, 0.5) is 0 Å². The number of rotatable bonds is 8. The highest BCUT2D eigenvalue weighted by molar-refractivity contribution is 5.96. The van der Waals surface area contributed by atoms with Crippen LogP contribution in [0.25, 0.3) is 11.0 Å². The summed E-state index contributed by atoms with van der Waals surface area (Å²) in [6, 6.07) is 12.5. The third-order valence-corrected chi connectivity index (χ3v) is 4.48. The third kappa shape index (κ3) is 4.92. The summed E-state index contributed by atoms with van der Waals surface area (Å²) < 4.78 is 1.86. The van der Waals surface area contributed by atoms with Crippen molar-refractivity contribution in [3.8, 4) is 0 Å². The molecule has 0 fully saturated rings. The highest BCUT2D eigenvalue weighted by atomic mass is 16.1. The van der Waals surface area contributed by atoms with E-state index in [1.165, 1.54) is 5.56 Å². The topological polar surface area (TPSA) is 63.1 Å². The van der Waals surface area contributed by atoms with Gasteiger partial charge in [0.2, 0.25) is 0 Å². The lowest BCUT2D eigenvalue weighted by Crippen LogP contribution is -2.28. The molecule has 0 aliphatic carbocycles. The van der Waals surface area contributed by atoms with Crippen LogP contribution in [-0.4, -0.2) is 45.7 Å². The monoisotopic (exact) mass is 365 g/mol. The van der Waals surface area contributed by atoms with E-state index in [9.17, 15) is 4.79 Å². The number of hydrogen-bond acceptors (Lipinski definition) is 4. The van der Waals surface area contributed by atoms with Crippen molar-refractivity contribution in [3.05, 3.63) is 59.9 Å². The first-order valence-corrected chi connectivity index (χ1v) is 9.38. The summed E-state index contributed by atoms with van der Waals surface area (Å²) >= 11 is 0. The molecule has 0 unspecified atom stereocenters. The van der Waals surface area contributed by atoms with Crippen LogP contribution < -0.4 is 5.32 Å². The van der Waals surface area contributed by atoms with E-state index < -0.39 is 0 Å². The molecule has 3 rings (SSSR count). The zero-order valence-corrected chi connectivity index (χ0v) is 16.2. The minimum absolute atomic E-state index is 0.0904. The van der Waals surface area contributed by atoms with Crippen LogP contribution >= 0.6 is 0 Å². The van der Waals surface area contributed by atoms with Gasteiger partial charge in [0.15, 0.2) is 5.65 Å². The first kappa shape index (κ1) is 19.0. The first-order valence-electron chi connectivity index (χ1n) is 9.38. The fraction of sp³-hybridized carbons (Fsp3) is 0.381. The Morgan fingerprint density at radius 2 is 2.00 bits per heavy atom. The summed E-state index contributed by atoms with van der Waals surface area (Å²) in [4.78, 5) is 19.1. The smallest absolute Gasteiger partial charge is 0.252 e. The van der Waals surface area contributed by atoms with Crippen molar-refractivity contribution in [2.45, 2.75) is 32.9 Å². The Hall–Kier alpha value is -2.73. The van der Waals surface area contributed by atoms with Crippen molar-refractivity contribution < 1.29 is 4.79 Å². The fourth-order valence-electron chi connectivity index (χ4n) is 3.07. The van der Waals surface area contributed by atoms with E-state index in [0.717, 1.165) is 30.5 Å². The molecular formula is C21H27N5O. The van der Waals surface area contributed by atoms with Crippen LogP contribution in [0, 0.1) is 0 Å². The van der Waals surface area contributed by atoms with Crippen LogP contribution in [0.1, 0.15) is 42.2 Å². The van der Waals surface area contributed by atoms with E-state index in [4.69, 9.17) is 0 Å². The number of amides is 1. The van der Waals surface area contributed by atoms with Crippen LogP contribution in [0.5, 0.6) is 0 Å². The zero-order chi connectivity index (χ0) is 19.2. The number of carbonyl (C=O) groups is 1. The lowest BCUT2D eigenvalue weighted by atomic mass is 10.2. The molecule has 27 heavy (non-hydrogen) atoms. The van der Waals surface area contributed by atoms with Crippen molar-refractivity contribution >= 4 is 16.9 Å². The molecular weight excluding hydrogens is 338 g/mol. The zero-order valence-electron chi connectivity index (χ0n) is 16.2. The minimum Gasteiger partial charge on any atom is -0.352 e. The van der Waals surface area contributed by atoms with Gasteiger partial charge in [-0.15, -0.1) is 0 Å². The number of carbonyl (C=O) groups excluding carboxylic acids is 1. The summed E-state index contributed by atoms with van der Waals surface area (Å²) in [6.45, 7) is 6.59. The molecule has 1 amide bonds. The largest absolute Gasteiger partial charge is 0.352 e. The second-order valence-corrected chi connectivity index (χ2v) is 7.15. The molecule has 0 atom stereocenters. The second kappa shape index (κ2) is 8.77. The molecule has 0 aliphatic heterocycles. The molecule has 6 nitrogen and oxygen atoms in total. The molecule has 6 heteroatoms. The van der Waals surface area contributed by atoms with Crippen LogP contribution in [0.2, 0.25) is 0 Å². The minimum atomic E-state index is -0.0904. The maximum atomic E-state index is 12.4. The van der Waals surface area contributed by atoms with E-state index in [1.54, 1.807) is 12.4 Å². The Bertz CT molecular complexity index is 888. The fourth-order valence-corrected chi connectivity index (χ4v) is 3.07. The van der Waals surface area contributed by atoms with Crippen molar-refractivity contribution in [1.29, 1.82) is 0 Å². The van der Waals surface area contributed by atoms with E-state index in [1.807, 2.05) is 16.8 Å². The molecule has 0 saturated carbocycles. The van der Waals surface area contributed by atoms with Crippen LogP contribution in [-0.2, 0) is 6.54 Å². The molecule has 2 aromatic heterocycles. The van der Waals surface area contributed by atoms with Crippen LogP contribution in [0.3, 0.4) is 0 Å². The van der Waals surface area contributed by atoms with Gasteiger partial charge in [-0.05, 0) is 45.5 Å². The van der Waals surface area contributed by atoms with Gasteiger partial charge in [-0.25, -0.2) is 9.67 Å². The third-order valence-electron chi connectivity index (χ3n) is 4.48. The summed E-state index contributed by atoms with van der Waals surface area (Å²) in [7, 11) is 2.10. The number of fused-ring (bicyclic) bond motifs is 1. The Morgan fingerprint density at radius 1 is 1.22 bits per heavy atom. The van der Waals surface area contributed by atoms with Crippen molar-refractivity contribution in [2.24, 2.45) is 0 Å². The summed E-state index contributed by atoms with van der Waals surface area (Å²) in [6.07, 6.45) is 4.29. The van der Waals surface area contributed by atoms with E-state index in [-0.39, 0.29) is 11.9 Å². The molecule has 3 aromatic rings. The number of pyridine rings is 1. The first-order chi connectivity index (χ1) is 13.0. The Morgan fingerprint density at radius 3 is 2.74 bits per heavy atom. The normalized spacial score (nSPS) is 11.4. The predicted octanol–water partition coefficient (Wildman–Crippen LogP) is 3.26. The molecule has 0 aliphatic rings. The highest BCUT2D eigenvalue weighted by Gasteiger charge is 2.11.